The van der Waals surface area contributed by atoms with Gasteiger partial charge >= 0.3 is 11.9 Å². The van der Waals surface area contributed by atoms with Crippen molar-refractivity contribution in [3.05, 3.63) is 21.9 Å². The third-order valence-corrected chi connectivity index (χ3v) is 3.05. The van der Waals surface area contributed by atoms with Crippen LogP contribution in [0.1, 0.15) is 24.3 Å². The van der Waals surface area contributed by atoms with Gasteiger partial charge in [-0.1, -0.05) is 6.92 Å². The molecule has 0 saturated carbocycles. The summed E-state index contributed by atoms with van der Waals surface area (Å²) in [5.74, 6) is -1.51. The number of carbonyl (C=O) groups excluding carboxylic acids is 2. The first kappa shape index (κ1) is 12.7. The number of aryl methyl sites for hydroxylation is 1. The zero-order chi connectivity index (χ0) is 12.0. The van der Waals surface area contributed by atoms with E-state index in [1.54, 1.807) is 18.3 Å². The fourth-order valence-electron chi connectivity index (χ4n) is 1.27. The molecule has 4 nitrogen and oxygen atoms in total. The molecule has 0 spiro atoms. The van der Waals surface area contributed by atoms with Crippen molar-refractivity contribution in [1.82, 2.24) is 5.32 Å². The summed E-state index contributed by atoms with van der Waals surface area (Å²) in [6, 6.07) is 2.02. The van der Waals surface area contributed by atoms with E-state index in [9.17, 15) is 9.59 Å². The molecule has 1 aromatic heterocycles. The van der Waals surface area contributed by atoms with E-state index < -0.39 is 11.9 Å². The van der Waals surface area contributed by atoms with Gasteiger partial charge in [-0.3, -0.25) is 4.79 Å². The first-order valence-electron chi connectivity index (χ1n) is 5.19. The Morgan fingerprint density at radius 3 is 2.81 bits per heavy atom. The van der Waals surface area contributed by atoms with Crippen molar-refractivity contribution < 1.29 is 14.3 Å². The van der Waals surface area contributed by atoms with Gasteiger partial charge in [-0.2, -0.15) is 0 Å². The molecule has 1 aromatic rings. The second-order valence-electron chi connectivity index (χ2n) is 3.13. The number of hydrogen-bond donors (Lipinski definition) is 1. The monoisotopic (exact) mass is 241 g/mol. The van der Waals surface area contributed by atoms with Gasteiger partial charge in [0.1, 0.15) is 0 Å². The Bertz CT molecular complexity index is 373. The van der Waals surface area contributed by atoms with E-state index in [2.05, 4.69) is 17.0 Å². The average molecular weight is 241 g/mol. The van der Waals surface area contributed by atoms with Crippen LogP contribution in [0, 0.1) is 0 Å². The van der Waals surface area contributed by atoms with E-state index in [0.717, 1.165) is 11.3 Å². The van der Waals surface area contributed by atoms with Crippen LogP contribution in [0.25, 0.3) is 0 Å². The molecule has 0 aliphatic carbocycles. The molecular weight excluding hydrogens is 226 g/mol. The molecule has 0 radical (unpaired) electrons. The largest absolute Gasteiger partial charge is 0.459 e. The molecule has 0 saturated heterocycles. The molecular formula is C11H15NO3S. The molecule has 0 atom stereocenters. The molecule has 0 aliphatic rings. The quantitative estimate of drug-likeness (QED) is 0.642. The summed E-state index contributed by atoms with van der Waals surface area (Å²) in [7, 11) is 0. The Balaban J connectivity index is 2.45. The molecule has 0 fully saturated rings. The highest BCUT2D eigenvalue weighted by molar-refractivity contribution is 7.10. The van der Waals surface area contributed by atoms with Crippen molar-refractivity contribution in [2.75, 3.05) is 6.61 Å². The lowest BCUT2D eigenvalue weighted by molar-refractivity contribution is -0.154. The summed E-state index contributed by atoms with van der Waals surface area (Å²) in [4.78, 5) is 23.4. The van der Waals surface area contributed by atoms with Gasteiger partial charge in [0.15, 0.2) is 0 Å². The lowest BCUT2D eigenvalue weighted by atomic mass is 10.2. The minimum absolute atomic E-state index is 0.214. The van der Waals surface area contributed by atoms with E-state index >= 15 is 0 Å². The maximum Gasteiger partial charge on any atom is 0.396 e. The molecule has 88 valence electrons. The molecule has 1 rings (SSSR count). The van der Waals surface area contributed by atoms with Gasteiger partial charge in [-0.05, 0) is 30.4 Å². The number of carbonyl (C=O) groups is 2. The fourth-order valence-corrected chi connectivity index (χ4v) is 2.18. The van der Waals surface area contributed by atoms with E-state index in [4.69, 9.17) is 0 Å². The first-order valence-corrected chi connectivity index (χ1v) is 6.07. The van der Waals surface area contributed by atoms with E-state index in [1.807, 2.05) is 11.4 Å². The van der Waals surface area contributed by atoms with Gasteiger partial charge in [0, 0.05) is 4.88 Å². The van der Waals surface area contributed by atoms with Crippen molar-refractivity contribution >= 4 is 23.2 Å². The number of rotatable bonds is 4. The molecule has 1 N–H and O–H groups in total. The first-order chi connectivity index (χ1) is 7.69. The molecule has 1 heterocycles. The minimum atomic E-state index is -0.822. The summed E-state index contributed by atoms with van der Waals surface area (Å²) in [6.45, 7) is 4.32. The summed E-state index contributed by atoms with van der Waals surface area (Å²) in [5, 5.41) is 4.52. The van der Waals surface area contributed by atoms with Crippen molar-refractivity contribution in [2.45, 2.75) is 26.8 Å². The lowest BCUT2D eigenvalue weighted by Gasteiger charge is -2.04. The molecule has 0 aliphatic heterocycles. The molecule has 1 amide bonds. The van der Waals surface area contributed by atoms with Crippen LogP contribution in [-0.2, 0) is 27.3 Å². The Morgan fingerprint density at radius 1 is 1.44 bits per heavy atom. The molecule has 16 heavy (non-hydrogen) atoms. The molecule has 0 bridgehead atoms. The maximum atomic E-state index is 11.2. The SMILES string of the molecule is CCOC(=O)C(=O)NCc1sccc1CC. The van der Waals surface area contributed by atoms with Crippen LogP contribution in [0.2, 0.25) is 0 Å². The van der Waals surface area contributed by atoms with Crippen LogP contribution < -0.4 is 5.32 Å². The van der Waals surface area contributed by atoms with Gasteiger partial charge in [-0.15, -0.1) is 11.3 Å². The van der Waals surface area contributed by atoms with Gasteiger partial charge in [-0.25, -0.2) is 4.79 Å². The van der Waals surface area contributed by atoms with E-state index in [1.165, 1.54) is 5.56 Å². The summed E-state index contributed by atoms with van der Waals surface area (Å²) < 4.78 is 4.58. The topological polar surface area (TPSA) is 55.4 Å². The Morgan fingerprint density at radius 2 is 2.19 bits per heavy atom. The highest BCUT2D eigenvalue weighted by Crippen LogP contribution is 2.16. The number of nitrogens with one attached hydrogen (secondary N) is 1. The Kier molecular flexibility index (Phi) is 4.98. The van der Waals surface area contributed by atoms with Crippen LogP contribution in [-0.4, -0.2) is 18.5 Å². The number of ether oxygens (including phenoxy) is 1. The second-order valence-corrected chi connectivity index (χ2v) is 4.13. The summed E-state index contributed by atoms with van der Waals surface area (Å²) in [5.41, 5.74) is 1.20. The third kappa shape index (κ3) is 3.34. The van der Waals surface area contributed by atoms with E-state index in [-0.39, 0.29) is 6.61 Å². The van der Waals surface area contributed by atoms with Gasteiger partial charge in [0.05, 0.1) is 13.2 Å². The molecule has 5 heteroatoms. The van der Waals surface area contributed by atoms with Crippen LogP contribution in [0.15, 0.2) is 11.4 Å². The van der Waals surface area contributed by atoms with Crippen molar-refractivity contribution in [3.63, 3.8) is 0 Å². The van der Waals surface area contributed by atoms with E-state index in [0.29, 0.717) is 6.54 Å². The van der Waals surface area contributed by atoms with Crippen molar-refractivity contribution in [2.24, 2.45) is 0 Å². The minimum Gasteiger partial charge on any atom is -0.459 e. The normalized spacial score (nSPS) is 9.88. The van der Waals surface area contributed by atoms with Gasteiger partial charge in [0.2, 0.25) is 0 Å². The number of thiophene rings is 1. The van der Waals surface area contributed by atoms with Crippen LogP contribution in [0.5, 0.6) is 0 Å². The zero-order valence-corrected chi connectivity index (χ0v) is 10.2. The smallest absolute Gasteiger partial charge is 0.396 e. The Hall–Kier alpha value is -1.36. The predicted molar refractivity (Wildman–Crippen MR) is 62.2 cm³/mol. The highest BCUT2D eigenvalue weighted by Gasteiger charge is 2.14. The number of esters is 1. The summed E-state index contributed by atoms with van der Waals surface area (Å²) >= 11 is 1.57. The zero-order valence-electron chi connectivity index (χ0n) is 9.41. The third-order valence-electron chi connectivity index (χ3n) is 2.09. The Labute approximate surface area is 98.6 Å². The second kappa shape index (κ2) is 6.27. The van der Waals surface area contributed by atoms with Crippen LogP contribution in [0.3, 0.4) is 0 Å². The van der Waals surface area contributed by atoms with Crippen LogP contribution in [0.4, 0.5) is 0 Å². The maximum absolute atomic E-state index is 11.2. The average Bonchev–Trinajstić information content (AvgIpc) is 2.73. The molecule has 0 unspecified atom stereocenters. The number of hydrogen-bond acceptors (Lipinski definition) is 4. The van der Waals surface area contributed by atoms with Crippen LogP contribution >= 0.6 is 11.3 Å². The van der Waals surface area contributed by atoms with Crippen molar-refractivity contribution in [1.29, 1.82) is 0 Å². The summed E-state index contributed by atoms with van der Waals surface area (Å²) in [6.07, 6.45) is 0.925. The predicted octanol–water partition coefficient (Wildman–Crippen LogP) is 1.49. The lowest BCUT2D eigenvalue weighted by Crippen LogP contribution is -2.32. The molecule has 0 aromatic carbocycles. The number of amides is 1. The standard InChI is InChI=1S/C11H15NO3S/c1-3-8-5-6-16-9(8)7-12-10(13)11(14)15-4-2/h5-6H,3-4,7H2,1-2H3,(H,12,13). The van der Waals surface area contributed by atoms with Gasteiger partial charge in [0.25, 0.3) is 0 Å². The van der Waals surface area contributed by atoms with Gasteiger partial charge < -0.3 is 10.1 Å². The fraction of sp³-hybridized carbons (Fsp3) is 0.455. The highest BCUT2D eigenvalue weighted by atomic mass is 32.1. The van der Waals surface area contributed by atoms with Crippen molar-refractivity contribution in [3.8, 4) is 0 Å².